The molecule has 1 aromatic carbocycles. The Kier molecular flexibility index (Phi) is 3.21. The molecule has 1 heterocycles. The highest BCUT2D eigenvalue weighted by Crippen LogP contribution is 2.17. The van der Waals surface area contributed by atoms with Crippen LogP contribution in [0.3, 0.4) is 0 Å². The zero-order valence-corrected chi connectivity index (χ0v) is 10.4. The average molecular weight is 268 g/mol. The number of rotatable bonds is 4. The lowest BCUT2D eigenvalue weighted by atomic mass is 10.3. The highest BCUT2D eigenvalue weighted by Gasteiger charge is 2.16. The topological polar surface area (TPSA) is 110 Å². The van der Waals surface area contributed by atoms with Crippen LogP contribution in [0.1, 0.15) is 5.69 Å². The van der Waals surface area contributed by atoms with Gasteiger partial charge in [-0.25, -0.2) is 13.1 Å². The molecular weight excluding hydrogens is 256 g/mol. The van der Waals surface area contributed by atoms with Gasteiger partial charge in [0.1, 0.15) is 6.26 Å². The van der Waals surface area contributed by atoms with Crippen molar-refractivity contribution in [2.24, 2.45) is 5.84 Å². The minimum Gasteiger partial charge on any atom is -0.431 e. The van der Waals surface area contributed by atoms with Crippen molar-refractivity contribution >= 4 is 21.7 Å². The van der Waals surface area contributed by atoms with Crippen molar-refractivity contribution in [2.45, 2.75) is 11.8 Å². The van der Waals surface area contributed by atoms with Crippen LogP contribution < -0.4 is 16.0 Å². The van der Waals surface area contributed by atoms with E-state index >= 15 is 0 Å². The normalized spacial score (nSPS) is 11.2. The molecule has 0 saturated carbocycles. The van der Waals surface area contributed by atoms with E-state index in [1.54, 1.807) is 19.1 Å². The maximum atomic E-state index is 11.9. The first kappa shape index (κ1) is 12.4. The molecule has 2 rings (SSSR count). The molecule has 7 nitrogen and oxygen atoms in total. The van der Waals surface area contributed by atoms with E-state index in [1.807, 2.05) is 0 Å². The summed E-state index contributed by atoms with van der Waals surface area (Å²) < 4.78 is 31.1. The fourth-order valence-corrected chi connectivity index (χ4v) is 2.24. The molecule has 0 spiro atoms. The van der Waals surface area contributed by atoms with E-state index in [0.717, 1.165) is 0 Å². The first-order valence-corrected chi connectivity index (χ1v) is 6.51. The van der Waals surface area contributed by atoms with Crippen molar-refractivity contribution in [2.75, 3.05) is 10.1 Å². The summed E-state index contributed by atoms with van der Waals surface area (Å²) in [5.74, 6) is 5.20. The van der Waals surface area contributed by atoms with E-state index in [4.69, 9.17) is 10.3 Å². The van der Waals surface area contributed by atoms with Crippen molar-refractivity contribution in [3.63, 3.8) is 0 Å². The molecule has 0 bridgehead atoms. The summed E-state index contributed by atoms with van der Waals surface area (Å²) >= 11 is 0. The van der Waals surface area contributed by atoms with Crippen LogP contribution >= 0.6 is 0 Å². The number of nitrogen functional groups attached to an aromatic ring is 1. The molecule has 0 unspecified atom stereocenters. The van der Waals surface area contributed by atoms with Crippen LogP contribution in [0.15, 0.2) is 39.8 Å². The van der Waals surface area contributed by atoms with E-state index in [0.29, 0.717) is 11.4 Å². The number of hydrazine groups is 1. The second-order valence-electron chi connectivity index (χ2n) is 3.57. The van der Waals surface area contributed by atoms with Gasteiger partial charge in [-0.05, 0) is 31.2 Å². The smallest absolute Gasteiger partial charge is 0.309 e. The third-order valence-corrected chi connectivity index (χ3v) is 3.51. The minimum absolute atomic E-state index is 0.0615. The lowest BCUT2D eigenvalue weighted by molar-refractivity contribution is 0.569. The number of nitrogens with one attached hydrogen (secondary N) is 2. The van der Waals surface area contributed by atoms with Crippen LogP contribution in [0.2, 0.25) is 0 Å². The standard InChI is InChI=1S/C10H12N4O3S/c1-7-6-17-10(12-7)14-18(15,16)9-4-2-8(13-11)3-5-9/h2-6,13H,11H2,1H3,(H,12,14). The molecule has 1 aromatic heterocycles. The summed E-state index contributed by atoms with van der Waals surface area (Å²) in [6.07, 6.45) is 1.36. The van der Waals surface area contributed by atoms with Gasteiger partial charge in [0.25, 0.3) is 10.0 Å². The largest absolute Gasteiger partial charge is 0.431 e. The van der Waals surface area contributed by atoms with Crippen molar-refractivity contribution in [1.82, 2.24) is 4.98 Å². The van der Waals surface area contributed by atoms with Crippen molar-refractivity contribution in [3.8, 4) is 0 Å². The predicted octanol–water partition coefficient (Wildman–Crippen LogP) is 1.07. The van der Waals surface area contributed by atoms with E-state index in [1.165, 1.54) is 18.4 Å². The number of oxazole rings is 1. The molecule has 0 fully saturated rings. The lowest BCUT2D eigenvalue weighted by Gasteiger charge is -2.05. The quantitative estimate of drug-likeness (QED) is 0.565. The fraction of sp³-hybridized carbons (Fsp3) is 0.100. The van der Waals surface area contributed by atoms with Gasteiger partial charge in [-0.1, -0.05) is 0 Å². The molecule has 0 aliphatic carbocycles. The van der Waals surface area contributed by atoms with Gasteiger partial charge in [-0.3, -0.25) is 5.84 Å². The van der Waals surface area contributed by atoms with Gasteiger partial charge in [-0.15, -0.1) is 0 Å². The number of aromatic nitrogens is 1. The Bertz CT molecular complexity index is 633. The van der Waals surface area contributed by atoms with E-state index in [2.05, 4.69) is 15.1 Å². The van der Waals surface area contributed by atoms with E-state index in [-0.39, 0.29) is 10.9 Å². The molecule has 0 aliphatic rings. The Balaban J connectivity index is 2.24. The summed E-state index contributed by atoms with van der Waals surface area (Å²) in [6, 6.07) is 5.89. The SMILES string of the molecule is Cc1coc(NS(=O)(=O)c2ccc(NN)cc2)n1. The third kappa shape index (κ3) is 2.60. The number of nitrogens with two attached hydrogens (primary N) is 1. The fourth-order valence-electron chi connectivity index (χ4n) is 1.31. The highest BCUT2D eigenvalue weighted by molar-refractivity contribution is 7.92. The Labute approximate surface area is 104 Å². The summed E-state index contributed by atoms with van der Waals surface area (Å²) in [5.41, 5.74) is 3.62. The Morgan fingerprint density at radius 3 is 2.44 bits per heavy atom. The molecule has 96 valence electrons. The summed E-state index contributed by atoms with van der Waals surface area (Å²) in [4.78, 5) is 3.96. The van der Waals surface area contributed by atoms with Crippen molar-refractivity contribution in [3.05, 3.63) is 36.2 Å². The van der Waals surface area contributed by atoms with Gasteiger partial charge in [0.2, 0.25) is 0 Å². The van der Waals surface area contributed by atoms with Crippen LogP contribution in [0, 0.1) is 6.92 Å². The molecule has 0 aliphatic heterocycles. The number of aryl methyl sites for hydroxylation is 1. The molecule has 2 aromatic rings. The van der Waals surface area contributed by atoms with E-state index < -0.39 is 10.0 Å². The van der Waals surface area contributed by atoms with Crippen molar-refractivity contribution < 1.29 is 12.8 Å². The number of anilines is 2. The van der Waals surface area contributed by atoms with Crippen LogP contribution in [0.4, 0.5) is 11.7 Å². The molecule has 0 amide bonds. The maximum Gasteiger partial charge on any atom is 0.309 e. The molecule has 0 radical (unpaired) electrons. The first-order chi connectivity index (χ1) is 8.51. The van der Waals surface area contributed by atoms with Gasteiger partial charge in [0.15, 0.2) is 0 Å². The molecule has 8 heteroatoms. The predicted molar refractivity (Wildman–Crippen MR) is 66.3 cm³/mol. The first-order valence-electron chi connectivity index (χ1n) is 5.03. The van der Waals surface area contributed by atoms with Crippen LogP contribution in [0.25, 0.3) is 0 Å². The Morgan fingerprint density at radius 1 is 1.28 bits per heavy atom. The summed E-state index contributed by atoms with van der Waals surface area (Å²) in [5, 5.41) is 0. The summed E-state index contributed by atoms with van der Waals surface area (Å²) in [6.45, 7) is 1.70. The average Bonchev–Trinajstić information content (AvgIpc) is 2.74. The van der Waals surface area contributed by atoms with Crippen LogP contribution in [-0.2, 0) is 10.0 Å². The number of hydrogen-bond acceptors (Lipinski definition) is 6. The Morgan fingerprint density at radius 2 is 1.94 bits per heavy atom. The third-order valence-electron chi connectivity index (χ3n) is 2.17. The van der Waals surface area contributed by atoms with Gasteiger partial charge >= 0.3 is 6.01 Å². The maximum absolute atomic E-state index is 11.9. The highest BCUT2D eigenvalue weighted by atomic mass is 32.2. The molecular formula is C10H12N4O3S. The van der Waals surface area contributed by atoms with Gasteiger partial charge in [0.05, 0.1) is 10.6 Å². The number of benzene rings is 1. The van der Waals surface area contributed by atoms with E-state index in [9.17, 15) is 8.42 Å². The second-order valence-corrected chi connectivity index (χ2v) is 5.25. The van der Waals surface area contributed by atoms with Crippen LogP contribution in [0.5, 0.6) is 0 Å². The van der Waals surface area contributed by atoms with Gasteiger partial charge in [-0.2, -0.15) is 4.98 Å². The zero-order valence-electron chi connectivity index (χ0n) is 9.54. The van der Waals surface area contributed by atoms with Gasteiger partial charge < -0.3 is 9.84 Å². The lowest BCUT2D eigenvalue weighted by Crippen LogP contribution is -2.13. The van der Waals surface area contributed by atoms with Crippen LogP contribution in [-0.4, -0.2) is 13.4 Å². The zero-order chi connectivity index (χ0) is 13.2. The Hall–Kier alpha value is -2.06. The monoisotopic (exact) mass is 268 g/mol. The number of sulfonamides is 1. The number of hydrogen-bond donors (Lipinski definition) is 3. The molecule has 18 heavy (non-hydrogen) atoms. The van der Waals surface area contributed by atoms with Gasteiger partial charge in [0, 0.05) is 5.69 Å². The molecule has 4 N–H and O–H groups in total. The number of nitrogens with zero attached hydrogens (tertiary/aromatic N) is 1. The molecule has 0 atom stereocenters. The summed E-state index contributed by atoms with van der Waals surface area (Å²) in [7, 11) is -3.70. The minimum atomic E-state index is -3.70. The second kappa shape index (κ2) is 4.67. The van der Waals surface area contributed by atoms with Crippen molar-refractivity contribution in [1.29, 1.82) is 0 Å². The molecule has 0 saturated heterocycles.